The van der Waals surface area contributed by atoms with Crippen LogP contribution in [0.3, 0.4) is 0 Å². The Kier molecular flexibility index (Phi) is 6.18. The van der Waals surface area contributed by atoms with Crippen LogP contribution in [0.15, 0.2) is 37.9 Å². The number of nitrogens with zero attached hydrogens (tertiary/aromatic N) is 2. The number of amides is 1. The number of hydrogen-bond donors (Lipinski definition) is 3. The maximum atomic E-state index is 12.0. The number of H-pyrrole nitrogens is 2. The van der Waals surface area contributed by atoms with Crippen LogP contribution in [0, 0.1) is 0 Å². The van der Waals surface area contributed by atoms with E-state index in [2.05, 4.69) is 20.7 Å². The first-order valence-electron chi connectivity index (χ1n) is 6.51. The fraction of sp³-hybridized carbons (Fsp3) is 0.154. The molecule has 2 rings (SSSR count). The molecule has 2 aromatic rings. The molecule has 3 N–H and O–H groups in total. The highest BCUT2D eigenvalue weighted by Crippen LogP contribution is 2.22. The van der Waals surface area contributed by atoms with Crippen molar-refractivity contribution in [3.8, 4) is 0 Å². The lowest BCUT2D eigenvalue weighted by molar-refractivity contribution is -0.120. The predicted molar refractivity (Wildman–Crippen MR) is 93.0 cm³/mol. The van der Waals surface area contributed by atoms with Gasteiger partial charge < -0.3 is 0 Å². The number of aromatic amines is 2. The van der Waals surface area contributed by atoms with Gasteiger partial charge in [-0.25, -0.2) is 15.3 Å². The molecule has 1 heterocycles. The van der Waals surface area contributed by atoms with Crippen molar-refractivity contribution in [2.24, 2.45) is 5.10 Å². The number of aromatic nitrogens is 3. The molecule has 1 aromatic heterocycles. The average molecular weight is 388 g/mol. The first-order chi connectivity index (χ1) is 11.4. The molecule has 126 valence electrons. The SMILES string of the molecule is CC(Sc1n[nH]c(=O)[nH]c1=O)C(=O)N/N=C/c1c(Cl)cccc1Cl. The van der Waals surface area contributed by atoms with Crippen LogP contribution in [0.25, 0.3) is 0 Å². The van der Waals surface area contributed by atoms with Gasteiger partial charge in [-0.3, -0.25) is 14.6 Å². The van der Waals surface area contributed by atoms with Gasteiger partial charge in [0.1, 0.15) is 0 Å². The van der Waals surface area contributed by atoms with Crippen LogP contribution in [0.5, 0.6) is 0 Å². The molecule has 11 heteroatoms. The van der Waals surface area contributed by atoms with Crippen LogP contribution in [-0.4, -0.2) is 32.6 Å². The summed E-state index contributed by atoms with van der Waals surface area (Å²) >= 11 is 12.8. The number of benzene rings is 1. The Labute approximate surface area is 149 Å². The Morgan fingerprint density at radius 3 is 2.67 bits per heavy atom. The molecule has 0 aliphatic carbocycles. The lowest BCUT2D eigenvalue weighted by atomic mass is 10.2. The van der Waals surface area contributed by atoms with Crippen LogP contribution >= 0.6 is 35.0 Å². The smallest absolute Gasteiger partial charge is 0.272 e. The molecule has 1 unspecified atom stereocenters. The third-order valence-corrected chi connectivity index (χ3v) is 4.43. The molecule has 0 saturated carbocycles. The zero-order valence-electron chi connectivity index (χ0n) is 12.2. The average Bonchev–Trinajstić information content (AvgIpc) is 2.52. The lowest BCUT2D eigenvalue weighted by Crippen LogP contribution is -2.30. The summed E-state index contributed by atoms with van der Waals surface area (Å²) in [7, 11) is 0. The highest BCUT2D eigenvalue weighted by atomic mass is 35.5. The number of halogens is 2. The van der Waals surface area contributed by atoms with Gasteiger partial charge in [-0.15, -0.1) is 0 Å². The molecular formula is C13H11Cl2N5O3S. The largest absolute Gasteiger partial charge is 0.342 e. The molecule has 0 radical (unpaired) electrons. The zero-order valence-corrected chi connectivity index (χ0v) is 14.5. The van der Waals surface area contributed by atoms with Gasteiger partial charge in [0.25, 0.3) is 11.5 Å². The molecule has 0 bridgehead atoms. The summed E-state index contributed by atoms with van der Waals surface area (Å²) < 4.78 is 0. The minimum atomic E-state index is -0.720. The van der Waals surface area contributed by atoms with Crippen molar-refractivity contribution in [2.75, 3.05) is 0 Å². The van der Waals surface area contributed by atoms with E-state index in [1.807, 2.05) is 4.98 Å². The van der Waals surface area contributed by atoms with Crippen LogP contribution in [0.2, 0.25) is 10.0 Å². The van der Waals surface area contributed by atoms with E-state index in [1.165, 1.54) is 6.21 Å². The minimum Gasteiger partial charge on any atom is -0.272 e. The Morgan fingerprint density at radius 2 is 2.04 bits per heavy atom. The fourth-order valence-corrected chi connectivity index (χ4v) is 2.77. The van der Waals surface area contributed by atoms with Gasteiger partial charge in [0.05, 0.1) is 21.5 Å². The Balaban J connectivity index is 2.00. The number of thioether (sulfide) groups is 1. The monoisotopic (exact) mass is 387 g/mol. The van der Waals surface area contributed by atoms with E-state index >= 15 is 0 Å². The van der Waals surface area contributed by atoms with E-state index in [-0.39, 0.29) is 5.03 Å². The van der Waals surface area contributed by atoms with Crippen LogP contribution in [-0.2, 0) is 4.79 Å². The molecule has 0 aliphatic rings. The van der Waals surface area contributed by atoms with Crippen LogP contribution in [0.1, 0.15) is 12.5 Å². The number of rotatable bonds is 5. The first kappa shape index (κ1) is 18.2. The molecule has 1 amide bonds. The van der Waals surface area contributed by atoms with Gasteiger partial charge in [-0.1, -0.05) is 41.0 Å². The lowest BCUT2D eigenvalue weighted by Gasteiger charge is -2.07. The molecule has 0 saturated heterocycles. The second kappa shape index (κ2) is 8.13. The molecule has 24 heavy (non-hydrogen) atoms. The second-order valence-corrected chi connectivity index (χ2v) is 6.59. The normalized spacial score (nSPS) is 12.3. The summed E-state index contributed by atoms with van der Waals surface area (Å²) in [4.78, 5) is 36.4. The molecule has 0 fully saturated rings. The standard InChI is InChI=1S/C13H11Cl2N5O3S/c1-6(24-12-11(22)17-13(23)20-19-12)10(21)18-16-5-7-8(14)3-2-4-9(7)15/h2-6H,1H3,(H,18,21)(H2,17,20,22,23)/b16-5+. The Hall–Kier alpha value is -2.10. The maximum absolute atomic E-state index is 12.0. The number of carbonyl (C=O) groups excluding carboxylic acids is 1. The fourth-order valence-electron chi connectivity index (χ4n) is 1.52. The summed E-state index contributed by atoms with van der Waals surface area (Å²) in [5.41, 5.74) is 1.40. The Morgan fingerprint density at radius 1 is 1.38 bits per heavy atom. The molecule has 8 nitrogen and oxygen atoms in total. The second-order valence-electron chi connectivity index (χ2n) is 4.44. The van der Waals surface area contributed by atoms with E-state index in [1.54, 1.807) is 25.1 Å². The van der Waals surface area contributed by atoms with Gasteiger partial charge in [0, 0.05) is 5.56 Å². The molecule has 1 atom stereocenters. The summed E-state index contributed by atoms with van der Waals surface area (Å²) in [5.74, 6) is -0.466. The van der Waals surface area contributed by atoms with E-state index < -0.39 is 22.4 Å². The van der Waals surface area contributed by atoms with Crippen molar-refractivity contribution in [3.63, 3.8) is 0 Å². The molecule has 0 aliphatic heterocycles. The van der Waals surface area contributed by atoms with Crippen LogP contribution in [0.4, 0.5) is 0 Å². The van der Waals surface area contributed by atoms with E-state index in [0.29, 0.717) is 15.6 Å². The Bertz CT molecular complexity index is 875. The zero-order chi connectivity index (χ0) is 17.7. The summed E-state index contributed by atoms with van der Waals surface area (Å²) in [6.45, 7) is 1.56. The van der Waals surface area contributed by atoms with Crippen molar-refractivity contribution >= 4 is 47.1 Å². The van der Waals surface area contributed by atoms with Gasteiger partial charge in [0.15, 0.2) is 5.03 Å². The summed E-state index contributed by atoms with van der Waals surface area (Å²) in [5, 5.41) is 9.54. The quantitative estimate of drug-likeness (QED) is 0.406. The van der Waals surface area contributed by atoms with Crippen LogP contribution < -0.4 is 16.7 Å². The maximum Gasteiger partial charge on any atom is 0.342 e. The molecule has 1 aromatic carbocycles. The van der Waals surface area contributed by atoms with Crippen molar-refractivity contribution in [1.82, 2.24) is 20.6 Å². The van der Waals surface area contributed by atoms with Crippen molar-refractivity contribution in [2.45, 2.75) is 17.2 Å². The van der Waals surface area contributed by atoms with E-state index in [0.717, 1.165) is 11.8 Å². The van der Waals surface area contributed by atoms with Crippen molar-refractivity contribution in [3.05, 3.63) is 54.6 Å². The molecular weight excluding hydrogens is 377 g/mol. The van der Waals surface area contributed by atoms with E-state index in [4.69, 9.17) is 23.2 Å². The third kappa shape index (κ3) is 4.70. The first-order valence-corrected chi connectivity index (χ1v) is 8.14. The summed E-state index contributed by atoms with van der Waals surface area (Å²) in [6.07, 6.45) is 1.32. The van der Waals surface area contributed by atoms with Crippen molar-refractivity contribution in [1.29, 1.82) is 0 Å². The summed E-state index contributed by atoms with van der Waals surface area (Å²) in [6, 6.07) is 4.97. The van der Waals surface area contributed by atoms with Gasteiger partial charge >= 0.3 is 5.69 Å². The molecule has 0 spiro atoms. The minimum absolute atomic E-state index is 0.0321. The van der Waals surface area contributed by atoms with Gasteiger partial charge in [-0.05, 0) is 19.1 Å². The number of carbonyl (C=O) groups is 1. The number of nitrogens with one attached hydrogen (secondary N) is 3. The third-order valence-electron chi connectivity index (χ3n) is 2.71. The van der Waals surface area contributed by atoms with Crippen molar-refractivity contribution < 1.29 is 4.79 Å². The highest BCUT2D eigenvalue weighted by Gasteiger charge is 2.17. The highest BCUT2D eigenvalue weighted by molar-refractivity contribution is 8.00. The van der Waals surface area contributed by atoms with Gasteiger partial charge in [0.2, 0.25) is 0 Å². The number of hydrazone groups is 1. The topological polar surface area (TPSA) is 120 Å². The predicted octanol–water partition coefficient (Wildman–Crippen LogP) is 1.40. The van der Waals surface area contributed by atoms with E-state index in [9.17, 15) is 14.4 Å². The van der Waals surface area contributed by atoms with Gasteiger partial charge in [-0.2, -0.15) is 10.2 Å². The number of hydrogen-bond acceptors (Lipinski definition) is 6.